The van der Waals surface area contributed by atoms with Gasteiger partial charge in [-0.3, -0.25) is 0 Å². The molecule has 0 aromatic heterocycles. The summed E-state index contributed by atoms with van der Waals surface area (Å²) in [5, 5.41) is 3.30. The SMILES string of the molecule is ClP(COc1ccccc1)(c1ccccc1)(c1ccccc1)c1ccccc1. The van der Waals surface area contributed by atoms with Gasteiger partial charge in [0.15, 0.2) is 0 Å². The fourth-order valence-corrected chi connectivity index (χ4v) is 8.87. The number of rotatable bonds is 6. The van der Waals surface area contributed by atoms with Gasteiger partial charge in [-0.2, -0.15) is 0 Å². The minimum absolute atomic E-state index is 0.384. The standard InChI is InChI=1S/C25H22ClOP/c26-28(23-15-7-2-8-16-23,24-17-9-3-10-18-24,25-19-11-4-12-20-25)21-27-22-13-5-1-6-14-22/h1-20H,21H2. The molecule has 0 bridgehead atoms. The van der Waals surface area contributed by atoms with Crippen molar-refractivity contribution in [3.05, 3.63) is 121 Å². The Kier molecular flexibility index (Phi) is 5.22. The Hall–Kier alpha value is -2.60. The van der Waals surface area contributed by atoms with E-state index in [4.69, 9.17) is 16.0 Å². The van der Waals surface area contributed by atoms with Gasteiger partial charge in [0.2, 0.25) is 0 Å². The topological polar surface area (TPSA) is 9.23 Å². The van der Waals surface area contributed by atoms with E-state index in [2.05, 4.69) is 36.4 Å². The summed E-state index contributed by atoms with van der Waals surface area (Å²) in [6.45, 7) is 0. The average Bonchev–Trinajstić information content (AvgIpc) is 2.80. The molecule has 0 aliphatic carbocycles. The molecular weight excluding hydrogens is 383 g/mol. The first kappa shape index (κ1) is 18.7. The monoisotopic (exact) mass is 404 g/mol. The predicted molar refractivity (Wildman–Crippen MR) is 123 cm³/mol. The molecule has 0 amide bonds. The number of hydrogen-bond donors (Lipinski definition) is 0. The summed E-state index contributed by atoms with van der Waals surface area (Å²) < 4.78 is 6.36. The molecule has 3 heteroatoms. The zero-order valence-electron chi connectivity index (χ0n) is 15.5. The molecule has 4 aromatic carbocycles. The van der Waals surface area contributed by atoms with Gasteiger partial charge < -0.3 is 0 Å². The number of para-hydroxylation sites is 1. The fraction of sp³-hybridized carbons (Fsp3) is 0.0400. The van der Waals surface area contributed by atoms with Gasteiger partial charge in [0.25, 0.3) is 0 Å². The summed E-state index contributed by atoms with van der Waals surface area (Å²) in [6, 6.07) is 41.0. The van der Waals surface area contributed by atoms with Gasteiger partial charge >= 0.3 is 171 Å². The van der Waals surface area contributed by atoms with Crippen LogP contribution < -0.4 is 20.7 Å². The van der Waals surface area contributed by atoms with Gasteiger partial charge in [0.05, 0.1) is 0 Å². The van der Waals surface area contributed by atoms with Crippen LogP contribution in [-0.4, -0.2) is 6.35 Å². The van der Waals surface area contributed by atoms with Crippen molar-refractivity contribution < 1.29 is 4.74 Å². The molecular formula is C25H22ClOP. The minimum atomic E-state index is -3.37. The van der Waals surface area contributed by atoms with Gasteiger partial charge in [-0.25, -0.2) is 0 Å². The van der Waals surface area contributed by atoms with Crippen LogP contribution in [-0.2, 0) is 0 Å². The van der Waals surface area contributed by atoms with Gasteiger partial charge in [0, 0.05) is 0 Å². The van der Waals surface area contributed by atoms with E-state index in [0.29, 0.717) is 6.35 Å². The number of benzene rings is 4. The van der Waals surface area contributed by atoms with E-state index in [9.17, 15) is 0 Å². The van der Waals surface area contributed by atoms with Crippen LogP contribution in [0, 0.1) is 0 Å². The molecule has 0 saturated heterocycles. The van der Waals surface area contributed by atoms with Gasteiger partial charge in [0.1, 0.15) is 0 Å². The van der Waals surface area contributed by atoms with Gasteiger partial charge in [-0.15, -0.1) is 0 Å². The molecule has 0 unspecified atom stereocenters. The number of hydrogen-bond acceptors (Lipinski definition) is 1. The van der Waals surface area contributed by atoms with Crippen LogP contribution in [0.5, 0.6) is 5.75 Å². The van der Waals surface area contributed by atoms with E-state index in [0.717, 1.165) is 21.7 Å². The third-order valence-corrected chi connectivity index (χ3v) is 11.9. The second-order valence-electron chi connectivity index (χ2n) is 6.78. The summed E-state index contributed by atoms with van der Waals surface area (Å²) >= 11 is 7.93. The average molecular weight is 405 g/mol. The van der Waals surface area contributed by atoms with Gasteiger partial charge in [-0.05, 0) is 0 Å². The van der Waals surface area contributed by atoms with Crippen molar-refractivity contribution >= 4 is 33.1 Å². The Morgan fingerprint density at radius 1 is 0.500 bits per heavy atom. The molecule has 0 N–H and O–H groups in total. The molecule has 0 aliphatic rings. The molecule has 0 heterocycles. The first-order valence-corrected chi connectivity index (χ1v) is 12.6. The maximum atomic E-state index is 7.93. The summed E-state index contributed by atoms with van der Waals surface area (Å²) in [6.07, 6.45) is 0.384. The summed E-state index contributed by atoms with van der Waals surface area (Å²) in [5.41, 5.74) is 0. The second kappa shape index (κ2) is 7.80. The molecule has 4 aromatic rings. The Morgan fingerprint density at radius 2 is 0.821 bits per heavy atom. The van der Waals surface area contributed by atoms with Crippen molar-refractivity contribution in [3.63, 3.8) is 0 Å². The number of ether oxygens (including phenoxy) is 1. The molecule has 1 nitrogen and oxygen atoms in total. The van der Waals surface area contributed by atoms with E-state index in [1.807, 2.05) is 84.9 Å². The first-order chi connectivity index (χ1) is 13.7. The van der Waals surface area contributed by atoms with Crippen molar-refractivity contribution in [1.82, 2.24) is 0 Å². The van der Waals surface area contributed by atoms with E-state index in [1.54, 1.807) is 0 Å². The quantitative estimate of drug-likeness (QED) is 0.374. The second-order valence-corrected chi connectivity index (χ2v) is 13.2. The normalized spacial score (nSPS) is 12.7. The molecule has 0 radical (unpaired) electrons. The number of halogens is 1. The summed E-state index contributed by atoms with van der Waals surface area (Å²) in [5.74, 6) is -2.55. The van der Waals surface area contributed by atoms with Crippen LogP contribution in [0.4, 0.5) is 0 Å². The van der Waals surface area contributed by atoms with Crippen molar-refractivity contribution in [2.24, 2.45) is 0 Å². The zero-order chi connectivity index (χ0) is 19.3. The molecule has 140 valence electrons. The van der Waals surface area contributed by atoms with Crippen LogP contribution in [0.3, 0.4) is 0 Å². The first-order valence-electron chi connectivity index (χ1n) is 9.29. The predicted octanol–water partition coefficient (Wildman–Crippen LogP) is 5.71. The van der Waals surface area contributed by atoms with Crippen LogP contribution in [0.1, 0.15) is 0 Å². The molecule has 4 rings (SSSR count). The van der Waals surface area contributed by atoms with Crippen molar-refractivity contribution in [3.8, 4) is 5.75 Å². The summed E-state index contributed by atoms with van der Waals surface area (Å²) in [4.78, 5) is 0. The van der Waals surface area contributed by atoms with Crippen molar-refractivity contribution in [1.29, 1.82) is 0 Å². The Bertz CT molecular complexity index is 922. The molecule has 28 heavy (non-hydrogen) atoms. The van der Waals surface area contributed by atoms with E-state index >= 15 is 0 Å². The maximum absolute atomic E-state index is 7.93. The Morgan fingerprint density at radius 3 is 1.18 bits per heavy atom. The molecule has 0 saturated carbocycles. The Labute approximate surface area is 171 Å². The van der Waals surface area contributed by atoms with Crippen molar-refractivity contribution in [2.75, 3.05) is 6.35 Å². The van der Waals surface area contributed by atoms with E-state index in [1.165, 1.54) is 0 Å². The molecule has 0 aliphatic heterocycles. The van der Waals surface area contributed by atoms with Crippen LogP contribution in [0.25, 0.3) is 0 Å². The van der Waals surface area contributed by atoms with E-state index < -0.39 is 5.96 Å². The fourth-order valence-electron chi connectivity index (χ4n) is 3.60. The van der Waals surface area contributed by atoms with E-state index in [-0.39, 0.29) is 0 Å². The zero-order valence-corrected chi connectivity index (χ0v) is 17.1. The molecule has 0 fully saturated rings. The third kappa shape index (κ3) is 3.22. The van der Waals surface area contributed by atoms with Crippen LogP contribution >= 0.6 is 17.2 Å². The van der Waals surface area contributed by atoms with Crippen LogP contribution in [0.15, 0.2) is 121 Å². The summed E-state index contributed by atoms with van der Waals surface area (Å²) in [7, 11) is 0. The molecule has 0 spiro atoms. The van der Waals surface area contributed by atoms with Gasteiger partial charge in [-0.1, -0.05) is 0 Å². The third-order valence-electron chi connectivity index (χ3n) is 5.10. The van der Waals surface area contributed by atoms with Crippen LogP contribution in [0.2, 0.25) is 0 Å². The molecule has 0 atom stereocenters. The Balaban J connectivity index is 1.98. The van der Waals surface area contributed by atoms with Crippen molar-refractivity contribution in [2.45, 2.75) is 0 Å².